The summed E-state index contributed by atoms with van der Waals surface area (Å²) in [6.07, 6.45) is 5.21. The third-order valence-corrected chi connectivity index (χ3v) is 5.13. The predicted octanol–water partition coefficient (Wildman–Crippen LogP) is 3.41. The van der Waals surface area contributed by atoms with Gasteiger partial charge in [0.15, 0.2) is 0 Å². The van der Waals surface area contributed by atoms with Crippen molar-refractivity contribution in [3.63, 3.8) is 0 Å². The fraction of sp³-hybridized carbons (Fsp3) is 0.333. The number of aromatic amines is 1. The van der Waals surface area contributed by atoms with Crippen LogP contribution in [-0.2, 0) is 4.79 Å². The summed E-state index contributed by atoms with van der Waals surface area (Å²) < 4.78 is 14.1. The number of aromatic nitrogens is 1. The van der Waals surface area contributed by atoms with Crippen LogP contribution in [0.3, 0.4) is 0 Å². The Hall–Kier alpha value is -2.69. The number of H-pyrrole nitrogens is 1. The van der Waals surface area contributed by atoms with Gasteiger partial charge in [-0.05, 0) is 55.4 Å². The van der Waals surface area contributed by atoms with Crippen LogP contribution in [0.1, 0.15) is 54.0 Å². The minimum atomic E-state index is -0.291. The van der Waals surface area contributed by atoms with Crippen molar-refractivity contribution in [3.05, 3.63) is 75.0 Å². The van der Waals surface area contributed by atoms with Gasteiger partial charge in [-0.3, -0.25) is 9.59 Å². The highest BCUT2D eigenvalue weighted by molar-refractivity contribution is 5.82. The van der Waals surface area contributed by atoms with Gasteiger partial charge in [-0.1, -0.05) is 24.3 Å². The molecule has 0 bridgehead atoms. The molecule has 26 heavy (non-hydrogen) atoms. The average Bonchev–Trinajstić information content (AvgIpc) is 3.37. The molecule has 1 aromatic carbocycles. The van der Waals surface area contributed by atoms with Crippen molar-refractivity contribution in [3.8, 4) is 0 Å². The van der Waals surface area contributed by atoms with E-state index in [1.165, 1.54) is 6.07 Å². The Labute approximate surface area is 151 Å². The lowest BCUT2D eigenvalue weighted by Gasteiger charge is -2.13. The third kappa shape index (κ3) is 3.34. The molecule has 134 valence electrons. The lowest BCUT2D eigenvalue weighted by molar-refractivity contribution is -0.119. The summed E-state index contributed by atoms with van der Waals surface area (Å²) in [5.41, 5.74) is 3.36. The van der Waals surface area contributed by atoms with Crippen molar-refractivity contribution in [1.29, 1.82) is 0 Å². The van der Waals surface area contributed by atoms with E-state index in [9.17, 15) is 14.0 Å². The number of hydrogen-bond acceptors (Lipinski definition) is 2. The van der Waals surface area contributed by atoms with Crippen molar-refractivity contribution in [2.24, 2.45) is 0 Å². The van der Waals surface area contributed by atoms with Crippen LogP contribution in [0, 0.1) is 12.7 Å². The molecule has 1 saturated carbocycles. The van der Waals surface area contributed by atoms with Crippen LogP contribution in [-0.4, -0.2) is 16.9 Å². The molecule has 1 aromatic heterocycles. The van der Waals surface area contributed by atoms with Gasteiger partial charge in [0.2, 0.25) is 5.91 Å². The Morgan fingerprint density at radius 3 is 2.58 bits per heavy atom. The topological polar surface area (TPSA) is 62.0 Å². The van der Waals surface area contributed by atoms with Crippen LogP contribution in [0.25, 0.3) is 5.57 Å². The molecule has 0 radical (unpaired) electrons. The first-order chi connectivity index (χ1) is 12.5. The van der Waals surface area contributed by atoms with Gasteiger partial charge in [0.25, 0.3) is 5.56 Å². The summed E-state index contributed by atoms with van der Waals surface area (Å²) >= 11 is 0. The summed E-state index contributed by atoms with van der Waals surface area (Å²) in [6.45, 7) is 1.71. The molecule has 2 aliphatic rings. The van der Waals surface area contributed by atoms with E-state index in [0.29, 0.717) is 35.6 Å². The maximum Gasteiger partial charge on any atom is 0.251 e. The van der Waals surface area contributed by atoms with E-state index in [-0.39, 0.29) is 23.3 Å². The monoisotopic (exact) mass is 352 g/mol. The standard InChI is InChI=1S/C21H21FN2O2/c1-12-2-3-14(10-18(12)22)17(11-15-6-9-20(25)23-15)19-8-7-16(13-4-5-13)21(26)24-19/h2-3,7-8,10-11,13,15H,4-6,9H2,1H3,(H,23,25)(H,24,26)/t15-/m1/s1. The summed E-state index contributed by atoms with van der Waals surface area (Å²) in [6, 6.07) is 8.68. The number of carbonyl (C=O) groups excluding carboxylic acids is 1. The smallest absolute Gasteiger partial charge is 0.251 e. The van der Waals surface area contributed by atoms with Crippen molar-refractivity contribution < 1.29 is 9.18 Å². The minimum absolute atomic E-state index is 0.0123. The first-order valence-corrected chi connectivity index (χ1v) is 9.02. The molecule has 1 aliphatic heterocycles. The highest BCUT2D eigenvalue weighted by Gasteiger charge is 2.26. The zero-order valence-electron chi connectivity index (χ0n) is 14.6. The second kappa shape index (κ2) is 6.56. The van der Waals surface area contributed by atoms with E-state index >= 15 is 0 Å². The van der Waals surface area contributed by atoms with E-state index in [2.05, 4.69) is 10.3 Å². The molecule has 1 saturated heterocycles. The van der Waals surface area contributed by atoms with Gasteiger partial charge in [0.05, 0.1) is 0 Å². The Morgan fingerprint density at radius 1 is 1.15 bits per heavy atom. The maximum absolute atomic E-state index is 14.1. The fourth-order valence-corrected chi connectivity index (χ4v) is 3.42. The Morgan fingerprint density at radius 2 is 1.96 bits per heavy atom. The SMILES string of the molecule is Cc1ccc(C(=C[C@H]2CCC(=O)N2)c2ccc(C3CC3)c(=O)[nH]2)cc1F. The van der Waals surface area contributed by atoms with Gasteiger partial charge in [0.1, 0.15) is 5.82 Å². The number of aryl methyl sites for hydroxylation is 1. The van der Waals surface area contributed by atoms with E-state index in [1.807, 2.05) is 24.3 Å². The molecule has 4 nitrogen and oxygen atoms in total. The van der Waals surface area contributed by atoms with Crippen LogP contribution in [0.15, 0.2) is 41.2 Å². The third-order valence-electron chi connectivity index (χ3n) is 5.13. The summed E-state index contributed by atoms with van der Waals surface area (Å²) in [7, 11) is 0. The van der Waals surface area contributed by atoms with Gasteiger partial charge in [-0.15, -0.1) is 0 Å². The molecular formula is C21H21FN2O2. The van der Waals surface area contributed by atoms with Crippen LogP contribution in [0.5, 0.6) is 0 Å². The molecule has 2 N–H and O–H groups in total. The average molecular weight is 352 g/mol. The van der Waals surface area contributed by atoms with Crippen molar-refractivity contribution in [2.45, 2.75) is 44.6 Å². The normalized spacial score (nSPS) is 20.3. The molecule has 1 amide bonds. The van der Waals surface area contributed by atoms with E-state index in [0.717, 1.165) is 24.0 Å². The highest BCUT2D eigenvalue weighted by Crippen LogP contribution is 2.38. The Balaban J connectivity index is 1.78. The Bertz CT molecular complexity index is 957. The molecule has 2 aromatic rings. The van der Waals surface area contributed by atoms with Crippen LogP contribution in [0.2, 0.25) is 0 Å². The Kier molecular flexibility index (Phi) is 4.23. The number of pyridine rings is 1. The lowest BCUT2D eigenvalue weighted by Crippen LogP contribution is -2.23. The number of nitrogens with one attached hydrogen (secondary N) is 2. The summed E-state index contributed by atoms with van der Waals surface area (Å²) in [4.78, 5) is 26.9. The van der Waals surface area contributed by atoms with Crippen LogP contribution in [0.4, 0.5) is 4.39 Å². The fourth-order valence-electron chi connectivity index (χ4n) is 3.42. The lowest BCUT2D eigenvalue weighted by atomic mass is 9.97. The number of benzene rings is 1. The van der Waals surface area contributed by atoms with E-state index in [4.69, 9.17) is 0 Å². The highest BCUT2D eigenvalue weighted by atomic mass is 19.1. The molecule has 4 rings (SSSR count). The maximum atomic E-state index is 14.1. The molecule has 1 aliphatic carbocycles. The van der Waals surface area contributed by atoms with E-state index in [1.54, 1.807) is 13.0 Å². The number of halogens is 1. The number of amides is 1. The number of carbonyl (C=O) groups is 1. The molecule has 1 atom stereocenters. The molecular weight excluding hydrogens is 331 g/mol. The second-order valence-electron chi connectivity index (χ2n) is 7.19. The zero-order valence-corrected chi connectivity index (χ0v) is 14.6. The molecule has 0 unspecified atom stereocenters. The number of hydrogen-bond donors (Lipinski definition) is 2. The van der Waals surface area contributed by atoms with Gasteiger partial charge >= 0.3 is 0 Å². The van der Waals surface area contributed by atoms with Crippen molar-refractivity contribution >= 4 is 11.5 Å². The molecule has 2 heterocycles. The summed E-state index contributed by atoms with van der Waals surface area (Å²) in [5.74, 6) is 0.0882. The largest absolute Gasteiger partial charge is 0.350 e. The predicted molar refractivity (Wildman–Crippen MR) is 98.4 cm³/mol. The first kappa shape index (κ1) is 16.8. The molecule has 2 fully saturated rings. The van der Waals surface area contributed by atoms with E-state index < -0.39 is 0 Å². The summed E-state index contributed by atoms with van der Waals surface area (Å²) in [5, 5.41) is 2.90. The van der Waals surface area contributed by atoms with Gasteiger partial charge in [0, 0.05) is 29.3 Å². The first-order valence-electron chi connectivity index (χ1n) is 9.02. The van der Waals surface area contributed by atoms with Gasteiger partial charge in [-0.2, -0.15) is 0 Å². The van der Waals surface area contributed by atoms with Crippen LogP contribution >= 0.6 is 0 Å². The van der Waals surface area contributed by atoms with Gasteiger partial charge in [-0.25, -0.2) is 4.39 Å². The van der Waals surface area contributed by atoms with Crippen molar-refractivity contribution in [1.82, 2.24) is 10.3 Å². The van der Waals surface area contributed by atoms with Crippen LogP contribution < -0.4 is 10.9 Å². The minimum Gasteiger partial charge on any atom is -0.350 e. The zero-order chi connectivity index (χ0) is 18.3. The van der Waals surface area contributed by atoms with Crippen molar-refractivity contribution in [2.75, 3.05) is 0 Å². The second-order valence-corrected chi connectivity index (χ2v) is 7.19. The molecule has 0 spiro atoms. The van der Waals surface area contributed by atoms with Gasteiger partial charge < -0.3 is 10.3 Å². The molecule has 5 heteroatoms. The number of rotatable bonds is 4. The quantitative estimate of drug-likeness (QED) is 0.886.